The summed E-state index contributed by atoms with van der Waals surface area (Å²) in [4.78, 5) is 11.3. The number of rotatable bonds is 8. The summed E-state index contributed by atoms with van der Waals surface area (Å²) in [6.45, 7) is 7.50. The average molecular weight is 335 g/mol. The number of unbranched alkanes of at least 4 members (excludes halogenated alkanes) is 1. The third-order valence-corrected chi connectivity index (χ3v) is 4.14. The Morgan fingerprint density at radius 2 is 2.13 bits per heavy atom. The topological polar surface area (TPSA) is 71.2 Å². The van der Waals surface area contributed by atoms with Crippen molar-refractivity contribution in [3.05, 3.63) is 28.7 Å². The zero-order valence-electron chi connectivity index (χ0n) is 14.1. The highest BCUT2D eigenvalue weighted by Gasteiger charge is 2.08. The van der Waals surface area contributed by atoms with Crippen molar-refractivity contribution in [1.29, 1.82) is 0 Å². The molecule has 0 bridgehead atoms. The third-order valence-electron chi connectivity index (χ3n) is 3.31. The van der Waals surface area contributed by atoms with Gasteiger partial charge in [0, 0.05) is 32.1 Å². The fraction of sp³-hybridized carbons (Fsp3) is 0.600. The molecule has 23 heavy (non-hydrogen) atoms. The number of hydrogen-bond donors (Lipinski definition) is 1. The number of aromatic nitrogens is 4. The maximum atomic E-state index is 4.70. The Hall–Kier alpha value is -1.96. The Balaban J connectivity index is 1.78. The molecule has 0 radical (unpaired) electrons. The molecule has 126 valence electrons. The van der Waals surface area contributed by atoms with Gasteiger partial charge in [-0.25, -0.2) is 4.98 Å². The molecule has 7 nitrogen and oxygen atoms in total. The second-order valence-electron chi connectivity index (χ2n) is 5.36. The number of nitrogens with one attached hydrogen (secondary N) is 1. The van der Waals surface area contributed by atoms with Crippen LogP contribution in [-0.2, 0) is 13.1 Å². The van der Waals surface area contributed by atoms with Crippen molar-refractivity contribution in [2.75, 3.05) is 20.1 Å². The van der Waals surface area contributed by atoms with E-state index >= 15 is 0 Å². The Morgan fingerprint density at radius 1 is 1.35 bits per heavy atom. The predicted molar refractivity (Wildman–Crippen MR) is 93.6 cm³/mol. The standard InChI is InChI=1S/C15H25N7S/c1-4-16-15(21(3)9-14-10-23-13(2)20-14)17-7-5-6-8-22-11-18-19-12-22/h10-12H,4-9H2,1-3H3,(H,16,17). The van der Waals surface area contributed by atoms with Crippen LogP contribution in [0, 0.1) is 6.92 Å². The minimum Gasteiger partial charge on any atom is -0.357 e. The number of hydrogen-bond acceptors (Lipinski definition) is 5. The summed E-state index contributed by atoms with van der Waals surface area (Å²) in [6.07, 6.45) is 5.60. The van der Waals surface area contributed by atoms with Crippen molar-refractivity contribution < 1.29 is 0 Å². The van der Waals surface area contributed by atoms with E-state index in [0.717, 1.165) is 55.7 Å². The lowest BCUT2D eigenvalue weighted by molar-refractivity contribution is 0.470. The molecule has 0 amide bonds. The molecule has 0 atom stereocenters. The predicted octanol–water partition coefficient (Wildman–Crippen LogP) is 1.92. The highest BCUT2D eigenvalue weighted by atomic mass is 32.1. The largest absolute Gasteiger partial charge is 0.357 e. The van der Waals surface area contributed by atoms with Crippen LogP contribution in [-0.4, -0.2) is 50.7 Å². The van der Waals surface area contributed by atoms with E-state index in [9.17, 15) is 0 Å². The molecule has 8 heteroatoms. The zero-order valence-corrected chi connectivity index (χ0v) is 14.9. The molecule has 0 unspecified atom stereocenters. The summed E-state index contributed by atoms with van der Waals surface area (Å²) >= 11 is 1.68. The first-order valence-electron chi connectivity index (χ1n) is 7.92. The van der Waals surface area contributed by atoms with Crippen molar-refractivity contribution in [3.8, 4) is 0 Å². The second kappa shape index (κ2) is 9.24. The van der Waals surface area contributed by atoms with Gasteiger partial charge in [-0.1, -0.05) is 0 Å². The summed E-state index contributed by atoms with van der Waals surface area (Å²) in [6, 6.07) is 0. The Bertz CT molecular complexity index is 591. The molecule has 0 aromatic carbocycles. The van der Waals surface area contributed by atoms with Crippen LogP contribution in [0.2, 0.25) is 0 Å². The monoisotopic (exact) mass is 335 g/mol. The molecule has 2 rings (SSSR count). The molecule has 1 N–H and O–H groups in total. The van der Waals surface area contributed by atoms with Gasteiger partial charge in [-0.3, -0.25) is 4.99 Å². The van der Waals surface area contributed by atoms with Gasteiger partial charge >= 0.3 is 0 Å². The van der Waals surface area contributed by atoms with Gasteiger partial charge in [-0.2, -0.15) is 0 Å². The lowest BCUT2D eigenvalue weighted by atomic mass is 10.3. The lowest BCUT2D eigenvalue weighted by Gasteiger charge is -2.21. The summed E-state index contributed by atoms with van der Waals surface area (Å²) in [5.41, 5.74) is 1.09. The van der Waals surface area contributed by atoms with Gasteiger partial charge in [0.25, 0.3) is 0 Å². The normalized spacial score (nSPS) is 11.7. The Labute approximate surface area is 141 Å². The van der Waals surface area contributed by atoms with Crippen molar-refractivity contribution in [1.82, 2.24) is 30.0 Å². The Kier molecular flexibility index (Phi) is 6.99. The maximum Gasteiger partial charge on any atom is 0.194 e. The summed E-state index contributed by atoms with van der Waals surface area (Å²) < 4.78 is 1.99. The first-order chi connectivity index (χ1) is 11.2. The van der Waals surface area contributed by atoms with Gasteiger partial charge in [-0.05, 0) is 26.7 Å². The van der Waals surface area contributed by atoms with E-state index in [0.29, 0.717) is 0 Å². The smallest absolute Gasteiger partial charge is 0.194 e. The van der Waals surface area contributed by atoms with E-state index in [-0.39, 0.29) is 0 Å². The first-order valence-corrected chi connectivity index (χ1v) is 8.80. The minimum atomic E-state index is 0.775. The molecular formula is C15H25N7S. The van der Waals surface area contributed by atoms with E-state index in [1.165, 1.54) is 0 Å². The minimum absolute atomic E-state index is 0.775. The van der Waals surface area contributed by atoms with Gasteiger partial charge < -0.3 is 14.8 Å². The molecule has 2 aromatic rings. The molecule has 0 saturated carbocycles. The molecule has 0 aliphatic heterocycles. The van der Waals surface area contributed by atoms with Crippen LogP contribution in [0.5, 0.6) is 0 Å². The van der Waals surface area contributed by atoms with Gasteiger partial charge in [0.1, 0.15) is 12.7 Å². The molecule has 0 aliphatic rings. The van der Waals surface area contributed by atoms with E-state index in [2.05, 4.69) is 37.7 Å². The van der Waals surface area contributed by atoms with Crippen molar-refractivity contribution >= 4 is 17.3 Å². The van der Waals surface area contributed by atoms with Crippen molar-refractivity contribution in [2.24, 2.45) is 4.99 Å². The zero-order chi connectivity index (χ0) is 16.5. The summed E-state index contributed by atoms with van der Waals surface area (Å²) in [5.74, 6) is 0.933. The fourth-order valence-corrected chi connectivity index (χ4v) is 2.80. The molecular weight excluding hydrogens is 310 g/mol. The summed E-state index contributed by atoms with van der Waals surface area (Å²) in [7, 11) is 2.05. The van der Waals surface area contributed by atoms with Crippen LogP contribution in [0.25, 0.3) is 0 Å². The number of guanidine groups is 1. The van der Waals surface area contributed by atoms with E-state index in [1.807, 2.05) is 18.5 Å². The molecule has 0 spiro atoms. The molecule has 0 fully saturated rings. The van der Waals surface area contributed by atoms with E-state index in [1.54, 1.807) is 24.0 Å². The first kappa shape index (κ1) is 17.4. The quantitative estimate of drug-likeness (QED) is 0.453. The Morgan fingerprint density at radius 3 is 2.78 bits per heavy atom. The van der Waals surface area contributed by atoms with Crippen LogP contribution in [0.1, 0.15) is 30.5 Å². The highest BCUT2D eigenvalue weighted by molar-refractivity contribution is 7.09. The molecule has 2 aromatic heterocycles. The van der Waals surface area contributed by atoms with Crippen LogP contribution in [0.3, 0.4) is 0 Å². The molecule has 0 saturated heterocycles. The van der Waals surface area contributed by atoms with E-state index in [4.69, 9.17) is 4.99 Å². The fourth-order valence-electron chi connectivity index (χ4n) is 2.20. The second-order valence-corrected chi connectivity index (χ2v) is 6.42. The number of nitrogens with zero attached hydrogens (tertiary/aromatic N) is 6. The maximum absolute atomic E-state index is 4.70. The number of aliphatic imine (C=N–C) groups is 1. The molecule has 0 aliphatic carbocycles. The lowest BCUT2D eigenvalue weighted by Crippen LogP contribution is -2.38. The average Bonchev–Trinajstić information content (AvgIpc) is 3.17. The number of thiazole rings is 1. The van der Waals surface area contributed by atoms with E-state index < -0.39 is 0 Å². The number of aryl methyl sites for hydroxylation is 2. The van der Waals surface area contributed by atoms with Crippen LogP contribution in [0.4, 0.5) is 0 Å². The van der Waals surface area contributed by atoms with Gasteiger partial charge in [0.05, 0.1) is 17.2 Å². The molecule has 2 heterocycles. The van der Waals surface area contributed by atoms with Crippen molar-refractivity contribution in [3.63, 3.8) is 0 Å². The third kappa shape index (κ3) is 5.97. The van der Waals surface area contributed by atoms with Crippen LogP contribution < -0.4 is 5.32 Å². The van der Waals surface area contributed by atoms with Gasteiger partial charge in [0.2, 0.25) is 0 Å². The van der Waals surface area contributed by atoms with Gasteiger partial charge in [0.15, 0.2) is 5.96 Å². The van der Waals surface area contributed by atoms with Crippen LogP contribution >= 0.6 is 11.3 Å². The van der Waals surface area contributed by atoms with Crippen LogP contribution in [0.15, 0.2) is 23.0 Å². The van der Waals surface area contributed by atoms with Gasteiger partial charge in [-0.15, -0.1) is 21.5 Å². The summed E-state index contributed by atoms with van der Waals surface area (Å²) in [5, 5.41) is 14.2. The highest BCUT2D eigenvalue weighted by Crippen LogP contribution is 2.09. The SMILES string of the molecule is CCNC(=NCCCCn1cnnc1)N(C)Cc1csc(C)n1. The van der Waals surface area contributed by atoms with Crippen molar-refractivity contribution in [2.45, 2.75) is 39.8 Å².